The molecular formula is C90H92N25O12PS4. The van der Waals surface area contributed by atoms with Crippen LogP contribution in [0.2, 0.25) is 0 Å². The van der Waals surface area contributed by atoms with E-state index in [1.54, 1.807) is 95.9 Å². The Bertz CT molecular complexity index is 6570. The maximum atomic E-state index is 12.2. The molecule has 1 unspecified atom stereocenters. The highest BCUT2D eigenvalue weighted by atomic mass is 32.1. The van der Waals surface area contributed by atoms with Crippen molar-refractivity contribution in [3.05, 3.63) is 218 Å². The van der Waals surface area contributed by atoms with Gasteiger partial charge in [0.1, 0.15) is 23.9 Å². The molecule has 678 valence electrons. The monoisotopic (exact) mass is 1870 g/mol. The van der Waals surface area contributed by atoms with Crippen LogP contribution in [-0.4, -0.2) is 186 Å². The predicted octanol–water partition coefficient (Wildman–Crippen LogP) is 16.2. The summed E-state index contributed by atoms with van der Waals surface area (Å²) < 4.78 is 24.8. The lowest BCUT2D eigenvalue weighted by Crippen LogP contribution is -2.35. The van der Waals surface area contributed by atoms with Gasteiger partial charge in [0.25, 0.3) is 0 Å². The van der Waals surface area contributed by atoms with Crippen molar-refractivity contribution in [2.24, 2.45) is 0 Å². The van der Waals surface area contributed by atoms with Gasteiger partial charge in [-0.2, -0.15) is 0 Å². The lowest BCUT2D eigenvalue weighted by molar-refractivity contribution is 0.0342. The second-order valence-corrected chi connectivity index (χ2v) is 35.2. The number of pyridine rings is 4. The molecule has 13 N–H and O–H groups in total. The summed E-state index contributed by atoms with van der Waals surface area (Å²) in [6.07, 6.45) is 17.8. The van der Waals surface area contributed by atoms with Gasteiger partial charge in [-0.3, -0.25) is 50.6 Å². The van der Waals surface area contributed by atoms with Crippen molar-refractivity contribution >= 4 is 139 Å². The van der Waals surface area contributed by atoms with Crippen LogP contribution in [-0.2, 0) is 26.0 Å². The third-order valence-corrected chi connectivity index (χ3v) is 24.2. The minimum Gasteiger partial charge on any atom is -0.385 e. The van der Waals surface area contributed by atoms with Gasteiger partial charge < -0.3 is 51.1 Å². The van der Waals surface area contributed by atoms with Gasteiger partial charge in [-0.05, 0) is 187 Å². The Morgan fingerprint density at radius 1 is 0.424 bits per heavy atom. The number of nitrogens with zero attached hydrogens (tertiary/aromatic N) is 17. The first kappa shape index (κ1) is 94.5. The molecule has 1 fully saturated rings. The summed E-state index contributed by atoms with van der Waals surface area (Å²) in [6.45, 7) is 21.6. The zero-order chi connectivity index (χ0) is 93.2. The molecule has 4 aromatic carbocycles. The zero-order valence-electron chi connectivity index (χ0n) is 72.8. The normalized spacial score (nSPS) is 12.8. The molecule has 0 spiro atoms. The molecule has 0 aliphatic carbocycles. The molecule has 16 aromatic rings. The first-order valence-corrected chi connectivity index (χ1v) is 46.5. The number of aliphatic hydroxyl groups is 3. The van der Waals surface area contributed by atoms with Crippen molar-refractivity contribution in [2.45, 2.75) is 92.8 Å². The highest BCUT2D eigenvalue weighted by Crippen LogP contribution is 2.45. The van der Waals surface area contributed by atoms with Crippen LogP contribution >= 0.6 is 53.2 Å². The van der Waals surface area contributed by atoms with E-state index in [1.807, 2.05) is 137 Å². The number of hydrogen-bond donors (Lipinski definition) is 13. The molecule has 0 radical (unpaired) electrons. The van der Waals surface area contributed by atoms with Crippen LogP contribution in [0, 0.1) is 0 Å². The van der Waals surface area contributed by atoms with Crippen LogP contribution in [0.1, 0.15) is 109 Å². The predicted molar refractivity (Wildman–Crippen MR) is 510 cm³/mol. The van der Waals surface area contributed by atoms with E-state index in [0.717, 1.165) is 152 Å². The van der Waals surface area contributed by atoms with Crippen molar-refractivity contribution in [1.29, 1.82) is 0 Å². The fourth-order valence-electron chi connectivity index (χ4n) is 13.4. The number of amides is 8. The van der Waals surface area contributed by atoms with Gasteiger partial charge in [-0.15, -0.1) is 0 Å². The summed E-state index contributed by atoms with van der Waals surface area (Å²) in [7, 11) is -4.67. The van der Waals surface area contributed by atoms with Crippen LogP contribution in [0.3, 0.4) is 0 Å². The molecule has 42 heteroatoms. The SMILES string of the molecule is CCNC(=O)Nc1nc2cc(-c3cnc(C(C)(C)O)nc3)cc(-c3cc(CN4CCOCC4)ccn3)c2s1.CCNC(=O)Nc1nc2cc(-c3cnc(C(C)O)nc3)cc(-c3ccccn3)c2s1.CCNC(=O)Nc1nc2cc(-c3cnc([C@@H](C)O)nc3)cc(-c3ccccn3)c2s1.CCNC(=O)Nc1nc2cc(-c3cnc([C@@H](C)OP(=O)(O)O)nc3)cc(-c3ccccn3)c2s1. The molecule has 13 heterocycles. The third-order valence-electron chi connectivity index (χ3n) is 19.6. The average molecular weight is 1880 g/mol. The van der Waals surface area contributed by atoms with E-state index in [4.69, 9.17) is 24.5 Å². The third kappa shape index (κ3) is 24.5. The first-order valence-electron chi connectivity index (χ1n) is 41.7. The van der Waals surface area contributed by atoms with Gasteiger partial charge in [-0.25, -0.2) is 83.6 Å². The Hall–Kier alpha value is -13.7. The number of ether oxygens (including phenoxy) is 1. The Balaban J connectivity index is 0.000000142. The zero-order valence-corrected chi connectivity index (χ0v) is 76.9. The summed E-state index contributed by atoms with van der Waals surface area (Å²) in [5.41, 5.74) is 16.1. The molecule has 1 aliphatic heterocycles. The second-order valence-electron chi connectivity index (χ2n) is 30.0. The number of carbonyl (C=O) groups excluding carboxylic acids is 4. The fraction of sp³-hybridized carbons (Fsp3) is 0.244. The number of aliphatic hydroxyl groups excluding tert-OH is 2. The number of fused-ring (bicyclic) bond motifs is 4. The number of hydrogen-bond acceptors (Lipinski definition) is 31. The number of carbonyl (C=O) groups is 4. The number of morpholine rings is 1. The summed E-state index contributed by atoms with van der Waals surface area (Å²) >= 11 is 5.55. The van der Waals surface area contributed by atoms with E-state index >= 15 is 0 Å². The van der Waals surface area contributed by atoms with Crippen molar-refractivity contribution < 1.29 is 58.1 Å². The first-order chi connectivity index (χ1) is 63.6. The van der Waals surface area contributed by atoms with E-state index in [1.165, 1.54) is 57.8 Å². The van der Waals surface area contributed by atoms with Crippen molar-refractivity contribution in [1.82, 2.24) is 106 Å². The summed E-state index contributed by atoms with van der Waals surface area (Å²) in [5.74, 6) is 1.22. The molecule has 132 heavy (non-hydrogen) atoms. The Morgan fingerprint density at radius 3 is 1.03 bits per heavy atom. The second kappa shape index (κ2) is 43.4. The van der Waals surface area contributed by atoms with Gasteiger partial charge in [0.05, 0.1) is 76.9 Å². The standard InChI is InChI=1S/C27H31N7O3S.C21H21N6O5PS.2C21H20N6O2S/c1-4-28-25(35)33-26-32-22-13-18(19-14-30-24(31-15-19)27(2,3)36)12-20(23(22)38-26)21-11-17(5-6-29-21)16-34-7-9-37-10-8-34;1-3-22-20(28)27-21-26-17-9-13(8-15(18(17)34-21)16-6-4-5-7-23-16)14-10-24-19(25-11-14)12(2)32-33(29,30)31;2*1-3-22-20(29)27-21-26-17-9-13(14-10-24-19(12(2)28)25-11-14)8-15(18(17)30-21)16-6-4-5-7-23-16/h5-6,11-15,36H,4,7-10,16H2,1-3H3,(H2,28,32,33,35);4-12H,3H2,1-2H3,(H2,29,30,31)(H2,22,26,27,28);2*4-12,28H,3H2,1-2H3,(H2,22,26,27,29)/t;2*12-;/m.11./s1. The highest BCUT2D eigenvalue weighted by Gasteiger charge is 2.27. The summed E-state index contributed by atoms with van der Waals surface area (Å²) in [4.78, 5) is 139. The smallest absolute Gasteiger partial charge is 0.385 e. The Labute approximate surface area is 772 Å². The number of nitrogens with one attached hydrogen (secondary N) is 8. The lowest BCUT2D eigenvalue weighted by Gasteiger charge is -2.26. The van der Waals surface area contributed by atoms with Crippen molar-refractivity contribution in [2.75, 3.05) is 73.7 Å². The van der Waals surface area contributed by atoms with Gasteiger partial charge in [0, 0.05) is 165 Å². The van der Waals surface area contributed by atoms with E-state index < -0.39 is 31.7 Å². The minimum atomic E-state index is -4.67. The number of anilines is 4. The van der Waals surface area contributed by atoms with E-state index in [9.17, 15) is 39.1 Å². The Kier molecular flexibility index (Phi) is 31.0. The van der Waals surface area contributed by atoms with Crippen molar-refractivity contribution in [3.8, 4) is 89.5 Å². The Morgan fingerprint density at radius 2 is 0.735 bits per heavy atom. The molecule has 0 bridgehead atoms. The van der Waals surface area contributed by atoms with E-state index in [0.29, 0.717) is 75.3 Å². The molecule has 0 saturated carbocycles. The van der Waals surface area contributed by atoms with Crippen LogP contribution in [0.5, 0.6) is 0 Å². The molecule has 8 amide bonds. The molecule has 3 atom stereocenters. The maximum absolute atomic E-state index is 12.2. The number of urea groups is 4. The van der Waals surface area contributed by atoms with Crippen LogP contribution in [0.25, 0.3) is 130 Å². The number of aromatic nitrogens is 16. The van der Waals surface area contributed by atoms with Crippen LogP contribution in [0.4, 0.5) is 39.7 Å². The number of benzene rings is 4. The largest absolute Gasteiger partial charge is 0.470 e. The van der Waals surface area contributed by atoms with Gasteiger partial charge in [0.15, 0.2) is 43.8 Å². The molecule has 1 saturated heterocycles. The van der Waals surface area contributed by atoms with Crippen LogP contribution < -0.4 is 42.5 Å². The molecule has 12 aromatic heterocycles. The number of rotatable bonds is 24. The van der Waals surface area contributed by atoms with Gasteiger partial charge >= 0.3 is 31.9 Å². The molecule has 37 nitrogen and oxygen atoms in total. The molecule has 17 rings (SSSR count). The summed E-state index contributed by atoms with van der Waals surface area (Å²) in [6, 6.07) is 35.7. The quantitative estimate of drug-likeness (QED) is 0.0250. The van der Waals surface area contributed by atoms with E-state index in [-0.39, 0.29) is 29.9 Å². The number of phosphoric acid groups is 1. The molecular weight excluding hydrogens is 1780 g/mol. The lowest BCUT2D eigenvalue weighted by atomic mass is 10.0. The van der Waals surface area contributed by atoms with Gasteiger partial charge in [0.2, 0.25) is 0 Å². The maximum Gasteiger partial charge on any atom is 0.470 e. The highest BCUT2D eigenvalue weighted by molar-refractivity contribution is 7.46. The number of thiazole rings is 4. The van der Waals surface area contributed by atoms with E-state index in [2.05, 4.69) is 134 Å². The minimum absolute atomic E-state index is 0.139. The van der Waals surface area contributed by atoms with Gasteiger partial charge in [-0.1, -0.05) is 63.5 Å². The van der Waals surface area contributed by atoms with Crippen LogP contribution in [0.15, 0.2) is 190 Å². The fourth-order valence-corrected chi connectivity index (χ4v) is 17.8. The van der Waals surface area contributed by atoms with Crippen molar-refractivity contribution in [3.63, 3.8) is 0 Å². The molecule has 1 aliphatic rings. The topological polar surface area (TPSA) is 511 Å². The number of phosphoric ester groups is 1. The summed E-state index contributed by atoms with van der Waals surface area (Å²) in [5, 5.41) is 53.5. The average Bonchev–Trinajstić information content (AvgIpc) is 1.61.